The summed E-state index contributed by atoms with van der Waals surface area (Å²) in [6.45, 7) is 0. The molecule has 1 saturated carbocycles. The van der Waals surface area contributed by atoms with Gasteiger partial charge in [0.2, 0.25) is 0 Å². The second kappa shape index (κ2) is 4.50. The van der Waals surface area contributed by atoms with Gasteiger partial charge in [0.05, 0.1) is 6.10 Å². The first kappa shape index (κ1) is 10.9. The fourth-order valence-electron chi connectivity index (χ4n) is 2.27. The van der Waals surface area contributed by atoms with Crippen molar-refractivity contribution in [1.29, 1.82) is 0 Å². The lowest BCUT2D eigenvalue weighted by molar-refractivity contribution is 0.104. The van der Waals surface area contributed by atoms with Gasteiger partial charge in [-0.1, -0.05) is 24.4 Å². The number of hydrogen-bond donors (Lipinski definition) is 1. The molecule has 82 valence electrons. The standard InChI is InChI=1S/C12H14ClFO/c13-8-5-6-11(14)10(7-8)9-3-1-2-4-12(9)15/h5-7,9,12,15H,1-4H2. The SMILES string of the molecule is OC1CCCCC1c1cc(Cl)ccc1F. The molecule has 1 nitrogen and oxygen atoms in total. The molecule has 0 bridgehead atoms. The van der Waals surface area contributed by atoms with Crippen LogP contribution in [0.1, 0.15) is 37.2 Å². The minimum absolute atomic E-state index is 0.0857. The minimum Gasteiger partial charge on any atom is -0.392 e. The van der Waals surface area contributed by atoms with Crippen LogP contribution in [0, 0.1) is 5.82 Å². The molecule has 1 aliphatic rings. The Morgan fingerprint density at radius 3 is 2.73 bits per heavy atom. The van der Waals surface area contributed by atoms with Gasteiger partial charge in [-0.2, -0.15) is 0 Å². The predicted molar refractivity (Wildman–Crippen MR) is 58.6 cm³/mol. The van der Waals surface area contributed by atoms with E-state index in [9.17, 15) is 9.50 Å². The van der Waals surface area contributed by atoms with Crippen LogP contribution >= 0.6 is 11.6 Å². The number of halogens is 2. The van der Waals surface area contributed by atoms with Gasteiger partial charge in [-0.3, -0.25) is 0 Å². The quantitative estimate of drug-likeness (QED) is 0.780. The van der Waals surface area contributed by atoms with Crippen molar-refractivity contribution in [3.8, 4) is 0 Å². The highest BCUT2D eigenvalue weighted by Crippen LogP contribution is 2.35. The highest BCUT2D eigenvalue weighted by molar-refractivity contribution is 6.30. The van der Waals surface area contributed by atoms with Crippen molar-refractivity contribution < 1.29 is 9.50 Å². The molecule has 2 rings (SSSR count). The van der Waals surface area contributed by atoms with E-state index in [1.165, 1.54) is 12.1 Å². The molecule has 2 atom stereocenters. The van der Waals surface area contributed by atoms with Crippen molar-refractivity contribution in [2.24, 2.45) is 0 Å². The summed E-state index contributed by atoms with van der Waals surface area (Å²) >= 11 is 5.84. The van der Waals surface area contributed by atoms with E-state index < -0.39 is 6.10 Å². The Hall–Kier alpha value is -0.600. The lowest BCUT2D eigenvalue weighted by Crippen LogP contribution is -2.23. The lowest BCUT2D eigenvalue weighted by Gasteiger charge is -2.28. The van der Waals surface area contributed by atoms with Gasteiger partial charge in [-0.25, -0.2) is 4.39 Å². The van der Waals surface area contributed by atoms with Crippen molar-refractivity contribution in [2.75, 3.05) is 0 Å². The van der Waals surface area contributed by atoms with Gasteiger partial charge in [0.25, 0.3) is 0 Å². The molecule has 0 aromatic heterocycles. The molecule has 15 heavy (non-hydrogen) atoms. The summed E-state index contributed by atoms with van der Waals surface area (Å²) in [4.78, 5) is 0. The largest absolute Gasteiger partial charge is 0.392 e. The zero-order valence-electron chi connectivity index (χ0n) is 8.42. The van der Waals surface area contributed by atoms with Crippen molar-refractivity contribution in [1.82, 2.24) is 0 Å². The van der Waals surface area contributed by atoms with E-state index in [1.54, 1.807) is 6.07 Å². The third kappa shape index (κ3) is 2.32. The molecular weight excluding hydrogens is 215 g/mol. The molecule has 2 unspecified atom stereocenters. The van der Waals surface area contributed by atoms with Crippen LogP contribution in [0.2, 0.25) is 5.02 Å². The maximum Gasteiger partial charge on any atom is 0.126 e. The second-order valence-corrected chi connectivity index (χ2v) is 4.56. The van der Waals surface area contributed by atoms with Gasteiger partial charge in [0.1, 0.15) is 5.82 Å². The third-order valence-electron chi connectivity index (χ3n) is 3.09. The average Bonchev–Trinajstić information content (AvgIpc) is 2.23. The van der Waals surface area contributed by atoms with Crippen LogP contribution in [0.4, 0.5) is 4.39 Å². The monoisotopic (exact) mass is 228 g/mol. The van der Waals surface area contributed by atoms with Gasteiger partial charge in [0, 0.05) is 10.9 Å². The summed E-state index contributed by atoms with van der Waals surface area (Å²) in [7, 11) is 0. The zero-order valence-corrected chi connectivity index (χ0v) is 9.17. The van der Waals surface area contributed by atoms with Gasteiger partial charge < -0.3 is 5.11 Å². The topological polar surface area (TPSA) is 20.2 Å². The van der Waals surface area contributed by atoms with Crippen molar-refractivity contribution in [2.45, 2.75) is 37.7 Å². The molecule has 0 aliphatic heterocycles. The fourth-order valence-corrected chi connectivity index (χ4v) is 2.45. The highest BCUT2D eigenvalue weighted by atomic mass is 35.5. The van der Waals surface area contributed by atoms with Crippen LogP contribution in [-0.2, 0) is 0 Å². The highest BCUT2D eigenvalue weighted by Gasteiger charge is 2.26. The van der Waals surface area contributed by atoms with E-state index in [2.05, 4.69) is 0 Å². The molecule has 1 aromatic carbocycles. The van der Waals surface area contributed by atoms with Crippen molar-refractivity contribution >= 4 is 11.6 Å². The van der Waals surface area contributed by atoms with Crippen LogP contribution in [0.5, 0.6) is 0 Å². The lowest BCUT2D eigenvalue weighted by atomic mass is 9.81. The van der Waals surface area contributed by atoms with E-state index in [1.807, 2.05) is 0 Å². The Bertz CT molecular complexity index is 353. The normalized spacial score (nSPS) is 26.6. The zero-order chi connectivity index (χ0) is 10.8. The third-order valence-corrected chi connectivity index (χ3v) is 3.32. The van der Waals surface area contributed by atoms with Crippen LogP contribution in [-0.4, -0.2) is 11.2 Å². The van der Waals surface area contributed by atoms with Gasteiger partial charge in [-0.15, -0.1) is 0 Å². The van der Waals surface area contributed by atoms with Crippen LogP contribution in [0.25, 0.3) is 0 Å². The molecule has 0 heterocycles. The number of rotatable bonds is 1. The number of hydrogen-bond acceptors (Lipinski definition) is 1. The minimum atomic E-state index is -0.424. The maximum atomic E-state index is 13.6. The summed E-state index contributed by atoms with van der Waals surface area (Å²) in [5.41, 5.74) is 0.565. The number of aliphatic hydroxyl groups is 1. The van der Waals surface area contributed by atoms with Gasteiger partial charge in [0.15, 0.2) is 0 Å². The van der Waals surface area contributed by atoms with E-state index in [4.69, 9.17) is 11.6 Å². The van der Waals surface area contributed by atoms with E-state index >= 15 is 0 Å². The summed E-state index contributed by atoms with van der Waals surface area (Å²) in [6.07, 6.45) is 3.26. The molecule has 0 radical (unpaired) electrons. The smallest absolute Gasteiger partial charge is 0.126 e. The molecule has 3 heteroatoms. The molecular formula is C12H14ClFO. The summed E-state index contributed by atoms with van der Waals surface area (Å²) < 4.78 is 13.6. The van der Waals surface area contributed by atoms with Gasteiger partial charge >= 0.3 is 0 Å². The Morgan fingerprint density at radius 1 is 1.27 bits per heavy atom. The number of benzene rings is 1. The van der Waals surface area contributed by atoms with Crippen LogP contribution in [0.3, 0.4) is 0 Å². The predicted octanol–water partition coefficient (Wildman–Crippen LogP) is 3.50. The molecule has 1 aliphatic carbocycles. The molecule has 0 spiro atoms. The molecule has 1 fully saturated rings. The number of aliphatic hydroxyl groups excluding tert-OH is 1. The first-order valence-corrected chi connectivity index (χ1v) is 5.69. The van der Waals surface area contributed by atoms with Crippen LogP contribution in [0.15, 0.2) is 18.2 Å². The first-order chi connectivity index (χ1) is 7.18. The Balaban J connectivity index is 2.30. The Kier molecular flexibility index (Phi) is 3.27. The summed E-state index contributed by atoms with van der Waals surface area (Å²) in [5, 5.41) is 10.4. The van der Waals surface area contributed by atoms with Crippen molar-refractivity contribution in [3.05, 3.63) is 34.6 Å². The second-order valence-electron chi connectivity index (χ2n) is 4.12. The van der Waals surface area contributed by atoms with Gasteiger partial charge in [-0.05, 0) is 36.6 Å². The average molecular weight is 229 g/mol. The first-order valence-electron chi connectivity index (χ1n) is 5.31. The van der Waals surface area contributed by atoms with Crippen molar-refractivity contribution in [3.63, 3.8) is 0 Å². The van der Waals surface area contributed by atoms with E-state index in [0.29, 0.717) is 10.6 Å². The summed E-state index contributed by atoms with van der Waals surface area (Å²) in [5.74, 6) is -0.345. The summed E-state index contributed by atoms with van der Waals surface area (Å²) in [6, 6.07) is 4.55. The fraction of sp³-hybridized carbons (Fsp3) is 0.500. The van der Waals surface area contributed by atoms with E-state index in [0.717, 1.165) is 25.7 Å². The Labute approximate surface area is 93.9 Å². The Morgan fingerprint density at radius 2 is 2.00 bits per heavy atom. The van der Waals surface area contributed by atoms with E-state index in [-0.39, 0.29) is 11.7 Å². The van der Waals surface area contributed by atoms with Crippen LogP contribution < -0.4 is 0 Å². The molecule has 1 N–H and O–H groups in total. The maximum absolute atomic E-state index is 13.6. The molecule has 0 saturated heterocycles. The molecule has 1 aromatic rings. The molecule has 0 amide bonds.